The van der Waals surface area contributed by atoms with Crippen molar-refractivity contribution in [2.45, 2.75) is 13.3 Å². The summed E-state index contributed by atoms with van der Waals surface area (Å²) in [6.45, 7) is 2.10. The molecular weight excluding hydrogens is 236 g/mol. The fraction of sp³-hybridized carbons (Fsp3) is 0.188. The van der Waals surface area contributed by atoms with Gasteiger partial charge in [-0.1, -0.05) is 19.1 Å². The summed E-state index contributed by atoms with van der Waals surface area (Å²) in [6.07, 6.45) is 2.78. The van der Waals surface area contributed by atoms with Crippen LogP contribution in [0.2, 0.25) is 0 Å². The molecule has 0 saturated heterocycles. The van der Waals surface area contributed by atoms with Gasteiger partial charge in [-0.2, -0.15) is 5.10 Å². The molecule has 1 heterocycles. The van der Waals surface area contributed by atoms with E-state index in [9.17, 15) is 5.11 Å². The monoisotopic (exact) mass is 252 g/mol. The van der Waals surface area contributed by atoms with Crippen LogP contribution in [0, 0.1) is 0 Å². The highest BCUT2D eigenvalue weighted by molar-refractivity contribution is 5.85. The summed E-state index contributed by atoms with van der Waals surface area (Å²) >= 11 is 0. The van der Waals surface area contributed by atoms with Gasteiger partial charge in [-0.3, -0.25) is 4.68 Å². The van der Waals surface area contributed by atoms with Crippen molar-refractivity contribution in [3.63, 3.8) is 0 Å². The number of phenols is 1. The van der Waals surface area contributed by atoms with E-state index >= 15 is 0 Å². The minimum atomic E-state index is 0.322. The standard InChI is InChI=1S/C16H16N2O/c1-3-11-9-14(19)5-6-15(11)12-4-7-16-13(8-12)10-17-18(16)2/h4-10,19H,3H2,1-2H3. The van der Waals surface area contributed by atoms with E-state index < -0.39 is 0 Å². The lowest BCUT2D eigenvalue weighted by Crippen LogP contribution is -1.90. The van der Waals surface area contributed by atoms with E-state index in [1.807, 2.05) is 30.1 Å². The third-order valence-corrected chi connectivity index (χ3v) is 3.53. The molecule has 3 nitrogen and oxygen atoms in total. The van der Waals surface area contributed by atoms with Crippen LogP contribution in [-0.2, 0) is 13.5 Å². The molecule has 0 radical (unpaired) electrons. The van der Waals surface area contributed by atoms with Crippen molar-refractivity contribution in [3.8, 4) is 16.9 Å². The Morgan fingerprint density at radius 3 is 2.79 bits per heavy atom. The normalized spacial score (nSPS) is 11.1. The summed E-state index contributed by atoms with van der Waals surface area (Å²) in [6, 6.07) is 11.9. The van der Waals surface area contributed by atoms with Gasteiger partial charge in [0.2, 0.25) is 0 Å². The van der Waals surface area contributed by atoms with Crippen LogP contribution < -0.4 is 0 Å². The highest BCUT2D eigenvalue weighted by Gasteiger charge is 2.07. The Kier molecular flexibility index (Phi) is 2.75. The molecule has 0 unspecified atom stereocenters. The fourth-order valence-corrected chi connectivity index (χ4v) is 2.49. The SMILES string of the molecule is CCc1cc(O)ccc1-c1ccc2c(cnn2C)c1. The molecule has 0 aliphatic heterocycles. The lowest BCUT2D eigenvalue weighted by Gasteiger charge is -2.09. The average Bonchev–Trinajstić information content (AvgIpc) is 2.79. The number of nitrogens with zero attached hydrogens (tertiary/aromatic N) is 2. The van der Waals surface area contributed by atoms with Crippen LogP contribution >= 0.6 is 0 Å². The molecule has 0 saturated carbocycles. The van der Waals surface area contributed by atoms with Gasteiger partial charge in [0, 0.05) is 12.4 Å². The van der Waals surface area contributed by atoms with Crippen molar-refractivity contribution >= 4 is 10.9 Å². The summed E-state index contributed by atoms with van der Waals surface area (Å²) in [7, 11) is 1.94. The number of aryl methyl sites for hydroxylation is 2. The predicted octanol–water partition coefficient (Wildman–Crippen LogP) is 3.51. The first-order valence-corrected chi connectivity index (χ1v) is 6.43. The molecule has 0 aliphatic rings. The third-order valence-electron chi connectivity index (χ3n) is 3.53. The molecule has 0 aliphatic carbocycles. The van der Waals surface area contributed by atoms with Gasteiger partial charge in [-0.05, 0) is 47.4 Å². The summed E-state index contributed by atoms with van der Waals surface area (Å²) in [4.78, 5) is 0. The first-order valence-electron chi connectivity index (χ1n) is 6.43. The van der Waals surface area contributed by atoms with E-state index in [-0.39, 0.29) is 0 Å². The molecule has 0 spiro atoms. The molecule has 1 aromatic heterocycles. The Morgan fingerprint density at radius 2 is 2.00 bits per heavy atom. The second-order valence-electron chi connectivity index (χ2n) is 4.74. The number of hydrogen-bond donors (Lipinski definition) is 1. The van der Waals surface area contributed by atoms with Crippen molar-refractivity contribution in [1.29, 1.82) is 0 Å². The van der Waals surface area contributed by atoms with Gasteiger partial charge in [0.05, 0.1) is 11.7 Å². The molecular formula is C16H16N2O. The molecule has 0 bridgehead atoms. The van der Waals surface area contributed by atoms with Crippen molar-refractivity contribution in [2.24, 2.45) is 7.05 Å². The zero-order chi connectivity index (χ0) is 13.4. The van der Waals surface area contributed by atoms with E-state index in [4.69, 9.17) is 0 Å². The van der Waals surface area contributed by atoms with E-state index in [1.165, 1.54) is 5.56 Å². The topological polar surface area (TPSA) is 38.1 Å². The number of benzene rings is 2. The maximum absolute atomic E-state index is 9.58. The van der Waals surface area contributed by atoms with E-state index in [0.717, 1.165) is 28.5 Å². The lowest BCUT2D eigenvalue weighted by molar-refractivity contribution is 0.474. The number of hydrogen-bond acceptors (Lipinski definition) is 2. The maximum atomic E-state index is 9.58. The van der Waals surface area contributed by atoms with Gasteiger partial charge in [-0.25, -0.2) is 0 Å². The number of fused-ring (bicyclic) bond motifs is 1. The number of aromatic nitrogens is 2. The fourth-order valence-electron chi connectivity index (χ4n) is 2.49. The van der Waals surface area contributed by atoms with Crippen LogP contribution in [0.1, 0.15) is 12.5 Å². The van der Waals surface area contributed by atoms with Crippen molar-refractivity contribution in [2.75, 3.05) is 0 Å². The van der Waals surface area contributed by atoms with Gasteiger partial charge in [0.25, 0.3) is 0 Å². The summed E-state index contributed by atoms with van der Waals surface area (Å²) in [5.74, 6) is 0.322. The zero-order valence-electron chi connectivity index (χ0n) is 11.1. The van der Waals surface area contributed by atoms with Gasteiger partial charge in [-0.15, -0.1) is 0 Å². The second kappa shape index (κ2) is 4.43. The molecule has 96 valence electrons. The second-order valence-corrected chi connectivity index (χ2v) is 4.74. The lowest BCUT2D eigenvalue weighted by atomic mass is 9.97. The number of aromatic hydroxyl groups is 1. The van der Waals surface area contributed by atoms with Gasteiger partial charge >= 0.3 is 0 Å². The number of phenolic OH excluding ortho intramolecular Hbond substituents is 1. The van der Waals surface area contributed by atoms with E-state index in [2.05, 4.69) is 30.2 Å². The van der Waals surface area contributed by atoms with Gasteiger partial charge < -0.3 is 5.11 Å². The molecule has 3 rings (SSSR count). The molecule has 1 N–H and O–H groups in total. The minimum absolute atomic E-state index is 0.322. The van der Waals surface area contributed by atoms with Crippen molar-refractivity contribution in [3.05, 3.63) is 48.2 Å². The summed E-state index contributed by atoms with van der Waals surface area (Å²) < 4.78 is 1.87. The first kappa shape index (κ1) is 11.8. The molecule has 0 atom stereocenters. The van der Waals surface area contributed by atoms with Crippen LogP contribution in [0.4, 0.5) is 0 Å². The van der Waals surface area contributed by atoms with Crippen LogP contribution in [0.15, 0.2) is 42.6 Å². The molecule has 3 aromatic rings. The summed E-state index contributed by atoms with van der Waals surface area (Å²) in [5.41, 5.74) is 4.62. The van der Waals surface area contributed by atoms with Crippen LogP contribution in [-0.4, -0.2) is 14.9 Å². The van der Waals surface area contributed by atoms with Crippen LogP contribution in [0.25, 0.3) is 22.0 Å². The number of rotatable bonds is 2. The Morgan fingerprint density at radius 1 is 1.16 bits per heavy atom. The third kappa shape index (κ3) is 1.97. The Bertz CT molecular complexity index is 744. The van der Waals surface area contributed by atoms with E-state index in [0.29, 0.717) is 5.75 Å². The Hall–Kier alpha value is -2.29. The molecule has 19 heavy (non-hydrogen) atoms. The van der Waals surface area contributed by atoms with Crippen molar-refractivity contribution < 1.29 is 5.11 Å². The summed E-state index contributed by atoms with van der Waals surface area (Å²) in [5, 5.41) is 15.0. The Balaban J connectivity index is 2.18. The largest absolute Gasteiger partial charge is 0.508 e. The first-order chi connectivity index (χ1) is 9.19. The molecule has 3 heteroatoms. The van der Waals surface area contributed by atoms with Crippen LogP contribution in [0.5, 0.6) is 5.75 Å². The highest BCUT2D eigenvalue weighted by atomic mass is 16.3. The molecule has 2 aromatic carbocycles. The molecule has 0 fully saturated rings. The van der Waals surface area contributed by atoms with Crippen LogP contribution in [0.3, 0.4) is 0 Å². The van der Waals surface area contributed by atoms with E-state index in [1.54, 1.807) is 6.07 Å². The smallest absolute Gasteiger partial charge is 0.115 e. The quantitative estimate of drug-likeness (QED) is 0.758. The predicted molar refractivity (Wildman–Crippen MR) is 77.2 cm³/mol. The van der Waals surface area contributed by atoms with Gasteiger partial charge in [0.15, 0.2) is 0 Å². The molecule has 0 amide bonds. The Labute approximate surface area is 112 Å². The average molecular weight is 252 g/mol. The van der Waals surface area contributed by atoms with Gasteiger partial charge in [0.1, 0.15) is 5.75 Å². The van der Waals surface area contributed by atoms with Crippen molar-refractivity contribution in [1.82, 2.24) is 9.78 Å². The highest BCUT2D eigenvalue weighted by Crippen LogP contribution is 2.29. The minimum Gasteiger partial charge on any atom is -0.508 e. The maximum Gasteiger partial charge on any atom is 0.115 e. The zero-order valence-corrected chi connectivity index (χ0v) is 11.1.